The van der Waals surface area contributed by atoms with Crippen LogP contribution in [0.1, 0.15) is 49.4 Å². The Balaban J connectivity index is 2.06. The zero-order chi connectivity index (χ0) is 15.6. The highest BCUT2D eigenvalue weighted by atomic mass is 19.4. The molecule has 0 amide bonds. The van der Waals surface area contributed by atoms with Crippen molar-refractivity contribution in [1.82, 2.24) is 9.97 Å². The summed E-state index contributed by atoms with van der Waals surface area (Å²) in [6.45, 7) is 0. The molecule has 0 spiro atoms. The molecule has 0 saturated heterocycles. The maximum absolute atomic E-state index is 13.1. The minimum absolute atomic E-state index is 0.111. The smallest absolute Gasteiger partial charge is 0.233 e. The minimum atomic E-state index is -4.45. The van der Waals surface area contributed by atoms with Crippen molar-refractivity contribution < 1.29 is 13.2 Å². The van der Waals surface area contributed by atoms with Crippen LogP contribution < -0.4 is 0 Å². The van der Waals surface area contributed by atoms with Gasteiger partial charge in [-0.05, 0) is 18.9 Å². The highest BCUT2D eigenvalue weighted by Crippen LogP contribution is 2.35. The van der Waals surface area contributed by atoms with Crippen LogP contribution in [0.2, 0.25) is 0 Å². The number of halogens is 3. The Kier molecular flexibility index (Phi) is 4.14. The fraction of sp³-hybridized carbons (Fsp3) is 0.412. The molecule has 116 valence electrons. The van der Waals surface area contributed by atoms with Gasteiger partial charge in [-0.15, -0.1) is 0 Å². The third-order valence-electron chi connectivity index (χ3n) is 4.09. The van der Waals surface area contributed by atoms with E-state index in [1.165, 1.54) is 0 Å². The molecule has 1 fully saturated rings. The van der Waals surface area contributed by atoms with Gasteiger partial charge in [0.2, 0.25) is 0 Å². The maximum atomic E-state index is 13.1. The highest BCUT2D eigenvalue weighted by molar-refractivity contribution is 5.55. The number of hydrogen-bond donors (Lipinski definition) is 0. The first-order chi connectivity index (χ1) is 10.5. The monoisotopic (exact) mass is 306 g/mol. The van der Waals surface area contributed by atoms with Gasteiger partial charge in [-0.25, -0.2) is 9.97 Å². The van der Waals surface area contributed by atoms with Crippen molar-refractivity contribution >= 4 is 0 Å². The molecule has 0 unspecified atom stereocenters. The summed E-state index contributed by atoms with van der Waals surface area (Å²) >= 11 is 0. The van der Waals surface area contributed by atoms with Crippen LogP contribution in [0.4, 0.5) is 13.2 Å². The van der Waals surface area contributed by atoms with Crippen LogP contribution in [0, 0.1) is 0 Å². The van der Waals surface area contributed by atoms with Crippen molar-refractivity contribution in [2.75, 3.05) is 0 Å². The van der Waals surface area contributed by atoms with E-state index in [1.54, 1.807) is 24.3 Å². The van der Waals surface area contributed by atoms with Crippen molar-refractivity contribution in [2.24, 2.45) is 0 Å². The van der Waals surface area contributed by atoms with Gasteiger partial charge in [0.1, 0.15) is 5.69 Å². The quantitative estimate of drug-likeness (QED) is 0.761. The lowest BCUT2D eigenvalue weighted by Gasteiger charge is -2.22. The van der Waals surface area contributed by atoms with Crippen LogP contribution in [0.5, 0.6) is 0 Å². The van der Waals surface area contributed by atoms with E-state index in [2.05, 4.69) is 9.97 Å². The normalized spacial score (nSPS) is 16.7. The van der Waals surface area contributed by atoms with Gasteiger partial charge in [0.25, 0.3) is 0 Å². The Morgan fingerprint density at radius 3 is 2.23 bits per heavy atom. The minimum Gasteiger partial charge on any atom is -0.233 e. The van der Waals surface area contributed by atoms with Gasteiger partial charge in [0.05, 0.1) is 0 Å². The van der Waals surface area contributed by atoms with E-state index in [0.29, 0.717) is 11.3 Å². The van der Waals surface area contributed by atoms with Crippen LogP contribution in [0.15, 0.2) is 36.4 Å². The van der Waals surface area contributed by atoms with Crippen LogP contribution >= 0.6 is 0 Å². The standard InChI is InChI=1S/C17H17F3N2/c18-17(19,20)15-11-14(12-7-3-1-4-8-12)21-16(22-15)13-9-5-2-6-10-13/h2,5-6,9-12H,1,3-4,7-8H2. The van der Waals surface area contributed by atoms with E-state index >= 15 is 0 Å². The Morgan fingerprint density at radius 2 is 1.59 bits per heavy atom. The largest absolute Gasteiger partial charge is 0.433 e. The Labute approximate surface area is 127 Å². The summed E-state index contributed by atoms with van der Waals surface area (Å²) in [7, 11) is 0. The molecule has 1 aromatic carbocycles. The van der Waals surface area contributed by atoms with Gasteiger partial charge in [0, 0.05) is 17.2 Å². The predicted octanol–water partition coefficient (Wildman–Crippen LogP) is 5.21. The van der Waals surface area contributed by atoms with E-state index in [-0.39, 0.29) is 11.7 Å². The van der Waals surface area contributed by atoms with Crippen LogP contribution in [-0.2, 0) is 6.18 Å². The zero-order valence-corrected chi connectivity index (χ0v) is 12.1. The van der Waals surface area contributed by atoms with Crippen LogP contribution in [0.25, 0.3) is 11.4 Å². The van der Waals surface area contributed by atoms with Crippen molar-refractivity contribution in [3.63, 3.8) is 0 Å². The second-order valence-corrected chi connectivity index (χ2v) is 5.70. The molecular weight excluding hydrogens is 289 g/mol. The van der Waals surface area contributed by atoms with Crippen molar-refractivity contribution in [3.05, 3.63) is 47.8 Å². The molecule has 1 aliphatic rings. The third kappa shape index (κ3) is 3.29. The molecule has 1 aromatic heterocycles. The second-order valence-electron chi connectivity index (χ2n) is 5.70. The van der Waals surface area contributed by atoms with Crippen molar-refractivity contribution in [2.45, 2.75) is 44.2 Å². The number of benzene rings is 1. The average Bonchev–Trinajstić information content (AvgIpc) is 2.55. The van der Waals surface area contributed by atoms with Gasteiger partial charge in [0.15, 0.2) is 5.82 Å². The summed E-state index contributed by atoms with van der Waals surface area (Å²) in [5.41, 5.74) is 0.300. The molecule has 0 bridgehead atoms. The summed E-state index contributed by atoms with van der Waals surface area (Å²) in [5.74, 6) is 0.274. The number of rotatable bonds is 2. The van der Waals surface area contributed by atoms with Gasteiger partial charge in [-0.1, -0.05) is 49.6 Å². The van der Waals surface area contributed by atoms with E-state index in [0.717, 1.165) is 38.2 Å². The summed E-state index contributed by atoms with van der Waals surface area (Å²) < 4.78 is 39.4. The summed E-state index contributed by atoms with van der Waals surface area (Å²) in [4.78, 5) is 8.16. The molecule has 0 atom stereocenters. The molecule has 0 aliphatic heterocycles. The molecule has 1 saturated carbocycles. The summed E-state index contributed by atoms with van der Waals surface area (Å²) in [6, 6.07) is 9.97. The SMILES string of the molecule is FC(F)(F)c1cc(C2CCCCC2)nc(-c2ccccc2)n1. The molecule has 2 aromatic rings. The van der Waals surface area contributed by atoms with Crippen molar-refractivity contribution in [1.29, 1.82) is 0 Å². The van der Waals surface area contributed by atoms with Crippen molar-refractivity contribution in [3.8, 4) is 11.4 Å². The van der Waals surface area contributed by atoms with E-state index in [4.69, 9.17) is 0 Å². The van der Waals surface area contributed by atoms with E-state index in [1.807, 2.05) is 6.07 Å². The Hall–Kier alpha value is -1.91. The molecule has 22 heavy (non-hydrogen) atoms. The van der Waals surface area contributed by atoms with Gasteiger partial charge < -0.3 is 0 Å². The van der Waals surface area contributed by atoms with Crippen LogP contribution in [0.3, 0.4) is 0 Å². The first-order valence-electron chi connectivity index (χ1n) is 7.55. The number of nitrogens with zero attached hydrogens (tertiary/aromatic N) is 2. The summed E-state index contributed by atoms with van der Waals surface area (Å²) in [6.07, 6.45) is 0.619. The lowest BCUT2D eigenvalue weighted by Crippen LogP contribution is -2.14. The first-order valence-corrected chi connectivity index (χ1v) is 7.55. The summed E-state index contributed by atoms with van der Waals surface area (Å²) in [5, 5.41) is 0. The van der Waals surface area contributed by atoms with Gasteiger partial charge >= 0.3 is 6.18 Å². The number of hydrogen-bond acceptors (Lipinski definition) is 2. The molecule has 2 nitrogen and oxygen atoms in total. The lowest BCUT2D eigenvalue weighted by atomic mass is 9.86. The van der Waals surface area contributed by atoms with E-state index < -0.39 is 11.9 Å². The Morgan fingerprint density at radius 1 is 0.909 bits per heavy atom. The van der Waals surface area contributed by atoms with Gasteiger partial charge in [-0.2, -0.15) is 13.2 Å². The molecule has 3 rings (SSSR count). The molecular formula is C17H17F3N2. The molecule has 0 N–H and O–H groups in total. The maximum Gasteiger partial charge on any atom is 0.433 e. The second kappa shape index (κ2) is 6.07. The Bertz CT molecular complexity index is 632. The molecule has 1 aliphatic carbocycles. The molecule has 1 heterocycles. The molecule has 5 heteroatoms. The zero-order valence-electron chi connectivity index (χ0n) is 12.1. The highest BCUT2D eigenvalue weighted by Gasteiger charge is 2.34. The lowest BCUT2D eigenvalue weighted by molar-refractivity contribution is -0.141. The first kappa shape index (κ1) is 15.0. The topological polar surface area (TPSA) is 25.8 Å². The van der Waals surface area contributed by atoms with E-state index in [9.17, 15) is 13.2 Å². The fourth-order valence-corrected chi connectivity index (χ4v) is 2.94. The molecule has 0 radical (unpaired) electrons. The number of alkyl halides is 3. The predicted molar refractivity (Wildman–Crippen MR) is 78.3 cm³/mol. The third-order valence-corrected chi connectivity index (χ3v) is 4.09. The van der Waals surface area contributed by atoms with Crippen LogP contribution in [-0.4, -0.2) is 9.97 Å². The average molecular weight is 306 g/mol. The van der Waals surface area contributed by atoms with Gasteiger partial charge in [-0.3, -0.25) is 0 Å². The fourth-order valence-electron chi connectivity index (χ4n) is 2.94. The number of aromatic nitrogens is 2.